The first-order chi connectivity index (χ1) is 9.95. The Hall–Kier alpha value is -1.42. The van der Waals surface area contributed by atoms with Gasteiger partial charge in [0.2, 0.25) is 5.91 Å². The molecule has 2 aromatic rings. The van der Waals surface area contributed by atoms with E-state index in [1.807, 2.05) is 13.0 Å². The maximum Gasteiger partial charge on any atom is 0.243 e. The zero-order valence-corrected chi connectivity index (χ0v) is 13.5. The number of aryl methyl sites for hydroxylation is 1. The molecule has 2 rings (SSSR count). The van der Waals surface area contributed by atoms with Crippen LogP contribution in [0.2, 0.25) is 15.1 Å². The molecule has 0 saturated heterocycles. The molecule has 6 heteroatoms. The van der Waals surface area contributed by atoms with Crippen LogP contribution in [0.4, 0.5) is 11.4 Å². The number of carbonyl (C=O) groups excluding carboxylic acids is 1. The molecule has 0 aromatic heterocycles. The molecular formula is C15H13Cl3N2O. The average molecular weight is 344 g/mol. The summed E-state index contributed by atoms with van der Waals surface area (Å²) >= 11 is 17.8. The fourth-order valence-corrected chi connectivity index (χ4v) is 2.28. The van der Waals surface area contributed by atoms with E-state index in [1.165, 1.54) is 0 Å². The van der Waals surface area contributed by atoms with Crippen LogP contribution in [0.25, 0.3) is 0 Å². The second-order valence-electron chi connectivity index (χ2n) is 4.51. The van der Waals surface area contributed by atoms with Crippen LogP contribution in [0.5, 0.6) is 0 Å². The highest BCUT2D eigenvalue weighted by atomic mass is 35.5. The number of hydrogen-bond donors (Lipinski definition) is 2. The summed E-state index contributed by atoms with van der Waals surface area (Å²) in [5, 5.41) is 7.12. The molecule has 110 valence electrons. The molecule has 0 bridgehead atoms. The predicted molar refractivity (Wildman–Crippen MR) is 89.8 cm³/mol. The Labute approximate surface area is 138 Å². The molecule has 0 unspecified atom stereocenters. The standard InChI is InChI=1S/C15H13Cl3N2O/c1-9-2-5-14(13(18)6-9)20-15(21)8-19-10-3-4-11(16)12(17)7-10/h2-7,19H,8H2,1H3,(H,20,21). The quantitative estimate of drug-likeness (QED) is 0.819. The SMILES string of the molecule is Cc1ccc(NC(=O)CNc2ccc(Cl)c(Cl)c2)c(Cl)c1. The normalized spacial score (nSPS) is 10.3. The van der Waals surface area contributed by atoms with Gasteiger partial charge in [0.25, 0.3) is 0 Å². The van der Waals surface area contributed by atoms with E-state index in [4.69, 9.17) is 34.8 Å². The van der Waals surface area contributed by atoms with Crippen LogP contribution in [0.1, 0.15) is 5.56 Å². The first-order valence-corrected chi connectivity index (χ1v) is 7.34. The first-order valence-electron chi connectivity index (χ1n) is 6.20. The van der Waals surface area contributed by atoms with Crippen LogP contribution in [-0.2, 0) is 4.79 Å². The van der Waals surface area contributed by atoms with Crippen molar-refractivity contribution in [3.8, 4) is 0 Å². The van der Waals surface area contributed by atoms with E-state index in [-0.39, 0.29) is 12.5 Å². The second kappa shape index (κ2) is 7.03. The van der Waals surface area contributed by atoms with Crippen molar-refractivity contribution < 1.29 is 4.79 Å². The van der Waals surface area contributed by atoms with Gasteiger partial charge in [-0.3, -0.25) is 4.79 Å². The van der Waals surface area contributed by atoms with E-state index in [1.54, 1.807) is 30.3 Å². The van der Waals surface area contributed by atoms with E-state index in [9.17, 15) is 4.79 Å². The second-order valence-corrected chi connectivity index (χ2v) is 5.74. The van der Waals surface area contributed by atoms with Gasteiger partial charge in [0.05, 0.1) is 27.3 Å². The van der Waals surface area contributed by atoms with Crippen LogP contribution in [-0.4, -0.2) is 12.5 Å². The van der Waals surface area contributed by atoms with Crippen molar-refractivity contribution in [3.63, 3.8) is 0 Å². The third-order valence-corrected chi connectivity index (χ3v) is 3.82. The number of anilines is 2. The van der Waals surface area contributed by atoms with Gasteiger partial charge < -0.3 is 10.6 Å². The molecule has 0 heterocycles. The van der Waals surface area contributed by atoms with Crippen LogP contribution >= 0.6 is 34.8 Å². The fraction of sp³-hybridized carbons (Fsp3) is 0.133. The van der Waals surface area contributed by atoms with Crippen LogP contribution < -0.4 is 10.6 Å². The van der Waals surface area contributed by atoms with Crippen molar-refractivity contribution in [1.29, 1.82) is 0 Å². The minimum absolute atomic E-state index is 0.0994. The van der Waals surface area contributed by atoms with Gasteiger partial charge in [-0.05, 0) is 42.8 Å². The molecule has 0 saturated carbocycles. The highest BCUT2D eigenvalue weighted by molar-refractivity contribution is 6.42. The third-order valence-electron chi connectivity index (χ3n) is 2.77. The smallest absolute Gasteiger partial charge is 0.243 e. The highest BCUT2D eigenvalue weighted by Crippen LogP contribution is 2.25. The lowest BCUT2D eigenvalue weighted by Gasteiger charge is -2.10. The Morgan fingerprint density at radius 1 is 1.00 bits per heavy atom. The summed E-state index contributed by atoms with van der Waals surface area (Å²) in [4.78, 5) is 11.9. The molecule has 0 aliphatic rings. The van der Waals surface area contributed by atoms with Crippen molar-refractivity contribution in [1.82, 2.24) is 0 Å². The van der Waals surface area contributed by atoms with Crippen molar-refractivity contribution in [2.24, 2.45) is 0 Å². The number of rotatable bonds is 4. The lowest BCUT2D eigenvalue weighted by Crippen LogP contribution is -2.21. The summed E-state index contributed by atoms with van der Waals surface area (Å²) in [6.45, 7) is 2.03. The molecule has 3 nitrogen and oxygen atoms in total. The Morgan fingerprint density at radius 2 is 1.76 bits per heavy atom. The Kier molecular flexibility index (Phi) is 5.34. The van der Waals surface area contributed by atoms with Gasteiger partial charge >= 0.3 is 0 Å². The minimum Gasteiger partial charge on any atom is -0.376 e. The molecule has 0 aliphatic heterocycles. The molecule has 2 N–H and O–H groups in total. The van der Waals surface area contributed by atoms with E-state index >= 15 is 0 Å². The summed E-state index contributed by atoms with van der Waals surface area (Å²) in [5.41, 5.74) is 2.34. The van der Waals surface area contributed by atoms with Gasteiger partial charge in [0.1, 0.15) is 0 Å². The number of halogens is 3. The summed E-state index contributed by atoms with van der Waals surface area (Å²) in [7, 11) is 0. The molecule has 0 spiro atoms. The minimum atomic E-state index is -0.202. The summed E-state index contributed by atoms with van der Waals surface area (Å²) in [6, 6.07) is 10.5. The monoisotopic (exact) mass is 342 g/mol. The maximum absolute atomic E-state index is 11.9. The average Bonchev–Trinajstić information content (AvgIpc) is 2.43. The molecular weight excluding hydrogens is 331 g/mol. The molecule has 0 aliphatic carbocycles. The van der Waals surface area contributed by atoms with Gasteiger partial charge in [-0.2, -0.15) is 0 Å². The lowest BCUT2D eigenvalue weighted by molar-refractivity contribution is -0.114. The van der Waals surface area contributed by atoms with Crippen molar-refractivity contribution in [2.45, 2.75) is 6.92 Å². The Morgan fingerprint density at radius 3 is 2.43 bits per heavy atom. The van der Waals surface area contributed by atoms with Gasteiger partial charge in [0.15, 0.2) is 0 Å². The molecule has 1 amide bonds. The Balaban J connectivity index is 1.94. The number of carbonyl (C=O) groups is 1. The zero-order valence-electron chi connectivity index (χ0n) is 11.2. The van der Waals surface area contributed by atoms with Gasteiger partial charge in [-0.1, -0.05) is 40.9 Å². The Bertz CT molecular complexity index is 674. The fourth-order valence-electron chi connectivity index (χ4n) is 1.70. The molecule has 0 radical (unpaired) electrons. The zero-order chi connectivity index (χ0) is 15.4. The summed E-state index contributed by atoms with van der Waals surface area (Å²) in [5.74, 6) is -0.202. The van der Waals surface area contributed by atoms with Crippen molar-refractivity contribution in [3.05, 3.63) is 57.0 Å². The molecule has 0 atom stereocenters. The maximum atomic E-state index is 11.9. The van der Waals surface area contributed by atoms with Crippen LogP contribution in [0.15, 0.2) is 36.4 Å². The molecule has 0 fully saturated rings. The number of hydrogen-bond acceptors (Lipinski definition) is 2. The van der Waals surface area contributed by atoms with E-state index < -0.39 is 0 Å². The number of nitrogens with one attached hydrogen (secondary N) is 2. The van der Waals surface area contributed by atoms with Crippen LogP contribution in [0.3, 0.4) is 0 Å². The lowest BCUT2D eigenvalue weighted by atomic mass is 10.2. The molecule has 21 heavy (non-hydrogen) atoms. The summed E-state index contributed by atoms with van der Waals surface area (Å²) in [6.07, 6.45) is 0. The van der Waals surface area contributed by atoms with Crippen molar-refractivity contribution >= 4 is 52.1 Å². The van der Waals surface area contributed by atoms with Crippen molar-refractivity contribution in [2.75, 3.05) is 17.2 Å². The first kappa shape index (κ1) is 16.0. The van der Waals surface area contributed by atoms with Gasteiger partial charge in [-0.25, -0.2) is 0 Å². The highest BCUT2D eigenvalue weighted by Gasteiger charge is 2.06. The van der Waals surface area contributed by atoms with Gasteiger partial charge in [-0.15, -0.1) is 0 Å². The van der Waals surface area contributed by atoms with Gasteiger partial charge in [0, 0.05) is 5.69 Å². The number of amides is 1. The summed E-state index contributed by atoms with van der Waals surface area (Å²) < 4.78 is 0. The third kappa shape index (κ3) is 4.53. The van der Waals surface area contributed by atoms with E-state index in [0.29, 0.717) is 20.8 Å². The molecule has 2 aromatic carbocycles. The van der Waals surface area contributed by atoms with Crippen LogP contribution in [0, 0.1) is 6.92 Å². The largest absolute Gasteiger partial charge is 0.376 e. The van der Waals surface area contributed by atoms with E-state index in [2.05, 4.69) is 10.6 Å². The van der Waals surface area contributed by atoms with E-state index in [0.717, 1.165) is 11.3 Å². The number of benzene rings is 2. The predicted octanol–water partition coefficient (Wildman–Crippen LogP) is 5.01. The topological polar surface area (TPSA) is 41.1 Å².